The van der Waals surface area contributed by atoms with Gasteiger partial charge in [0.05, 0.1) is 10.6 Å². The maximum atomic E-state index is 11.1. The third-order valence-electron chi connectivity index (χ3n) is 1.94. The van der Waals surface area contributed by atoms with E-state index in [-0.39, 0.29) is 5.78 Å². The lowest BCUT2D eigenvalue weighted by atomic mass is 10.0. The van der Waals surface area contributed by atoms with Gasteiger partial charge in [0, 0.05) is 5.69 Å². The van der Waals surface area contributed by atoms with E-state index in [4.69, 9.17) is 17.3 Å². The van der Waals surface area contributed by atoms with E-state index in [1.54, 1.807) is 12.1 Å². The summed E-state index contributed by atoms with van der Waals surface area (Å²) in [5.74, 6) is -0.0925. The lowest BCUT2D eigenvalue weighted by molar-refractivity contribution is 0.101. The molecule has 0 saturated carbocycles. The second-order valence-electron chi connectivity index (χ2n) is 2.95. The molecule has 0 radical (unpaired) electrons. The lowest BCUT2D eigenvalue weighted by Crippen LogP contribution is -2.01. The molecule has 0 spiro atoms. The molecule has 1 aromatic carbocycles. The Morgan fingerprint density at radius 1 is 1.54 bits per heavy atom. The van der Waals surface area contributed by atoms with Gasteiger partial charge in [-0.25, -0.2) is 0 Å². The van der Waals surface area contributed by atoms with Gasteiger partial charge in [0.25, 0.3) is 0 Å². The van der Waals surface area contributed by atoms with Gasteiger partial charge in [0.1, 0.15) is 0 Å². The Kier molecular flexibility index (Phi) is 2.94. The minimum Gasteiger partial charge on any atom is -0.398 e. The fourth-order valence-electron chi connectivity index (χ4n) is 1.26. The summed E-state index contributed by atoms with van der Waals surface area (Å²) in [4.78, 5) is 11.1. The van der Waals surface area contributed by atoms with Crippen molar-refractivity contribution in [1.29, 1.82) is 0 Å². The molecule has 13 heavy (non-hydrogen) atoms. The normalized spacial score (nSPS) is 10.1. The number of rotatable bonds is 2. The van der Waals surface area contributed by atoms with Crippen LogP contribution in [-0.2, 0) is 6.42 Å². The Labute approximate surface area is 82.7 Å². The maximum Gasteiger partial charge on any atom is 0.163 e. The zero-order valence-corrected chi connectivity index (χ0v) is 8.48. The number of aryl methyl sites for hydroxylation is 1. The number of hydrogen-bond donors (Lipinski definition) is 1. The van der Waals surface area contributed by atoms with Crippen molar-refractivity contribution in [2.24, 2.45) is 0 Å². The number of carbonyl (C=O) groups excluding carboxylic acids is 1. The molecule has 2 N–H and O–H groups in total. The van der Waals surface area contributed by atoms with Crippen LogP contribution in [0.4, 0.5) is 5.69 Å². The summed E-state index contributed by atoms with van der Waals surface area (Å²) < 4.78 is 0. The topological polar surface area (TPSA) is 43.1 Å². The third kappa shape index (κ3) is 2.01. The Morgan fingerprint density at radius 2 is 2.15 bits per heavy atom. The number of nitrogen functional groups attached to an aromatic ring is 1. The van der Waals surface area contributed by atoms with Crippen molar-refractivity contribution < 1.29 is 4.79 Å². The average molecular weight is 198 g/mol. The predicted molar refractivity (Wildman–Crippen MR) is 55.2 cm³/mol. The number of carbonyl (C=O) groups is 1. The first-order valence-corrected chi connectivity index (χ1v) is 4.53. The van der Waals surface area contributed by atoms with Crippen molar-refractivity contribution >= 4 is 23.1 Å². The Hall–Kier alpha value is -1.02. The van der Waals surface area contributed by atoms with Gasteiger partial charge in [-0.3, -0.25) is 4.79 Å². The van der Waals surface area contributed by atoms with Crippen LogP contribution in [0.2, 0.25) is 5.02 Å². The zero-order valence-electron chi connectivity index (χ0n) is 7.73. The largest absolute Gasteiger partial charge is 0.398 e. The number of Topliss-reactive ketones (excluding diaryl/α,β-unsaturated/α-hetero) is 1. The Bertz CT molecular complexity index is 324. The fraction of sp³-hybridized carbons (Fsp3) is 0.300. The van der Waals surface area contributed by atoms with Crippen LogP contribution in [0.15, 0.2) is 12.1 Å². The minimum absolute atomic E-state index is 0.0925. The molecule has 0 aromatic heterocycles. The number of nitrogens with two attached hydrogens (primary N) is 1. The van der Waals surface area contributed by atoms with Crippen LogP contribution in [-0.4, -0.2) is 5.78 Å². The predicted octanol–water partition coefficient (Wildman–Crippen LogP) is 2.69. The van der Waals surface area contributed by atoms with Gasteiger partial charge >= 0.3 is 0 Å². The molecule has 0 amide bonds. The highest BCUT2D eigenvalue weighted by Crippen LogP contribution is 2.25. The molecule has 1 aromatic rings. The van der Waals surface area contributed by atoms with E-state index < -0.39 is 0 Å². The van der Waals surface area contributed by atoms with Crippen LogP contribution >= 0.6 is 11.6 Å². The molecule has 0 aliphatic heterocycles. The van der Waals surface area contributed by atoms with Crippen LogP contribution in [0, 0.1) is 0 Å². The number of anilines is 1. The number of ketones is 1. The first kappa shape index (κ1) is 10.1. The van der Waals surface area contributed by atoms with Gasteiger partial charge in [0.2, 0.25) is 0 Å². The zero-order chi connectivity index (χ0) is 10.0. The molecule has 0 saturated heterocycles. The maximum absolute atomic E-state index is 11.1. The quantitative estimate of drug-likeness (QED) is 0.585. The summed E-state index contributed by atoms with van der Waals surface area (Å²) in [5.41, 5.74) is 7.64. The molecule has 0 unspecified atom stereocenters. The van der Waals surface area contributed by atoms with Crippen molar-refractivity contribution in [2.75, 3.05) is 5.73 Å². The first-order valence-electron chi connectivity index (χ1n) is 4.15. The van der Waals surface area contributed by atoms with Crippen LogP contribution in [0.3, 0.4) is 0 Å². The van der Waals surface area contributed by atoms with E-state index in [1.807, 2.05) is 6.92 Å². The molecule has 0 aliphatic carbocycles. The van der Waals surface area contributed by atoms with Gasteiger partial charge in [-0.1, -0.05) is 18.5 Å². The van der Waals surface area contributed by atoms with Crippen LogP contribution in [0.1, 0.15) is 29.8 Å². The van der Waals surface area contributed by atoms with Crippen LogP contribution in [0.5, 0.6) is 0 Å². The summed E-state index contributed by atoms with van der Waals surface area (Å²) in [6, 6.07) is 3.58. The fourth-order valence-corrected chi connectivity index (χ4v) is 1.64. The summed E-state index contributed by atoms with van der Waals surface area (Å²) in [7, 11) is 0. The molecule has 0 bridgehead atoms. The van der Waals surface area contributed by atoms with Crippen molar-refractivity contribution in [3.05, 3.63) is 28.3 Å². The van der Waals surface area contributed by atoms with Crippen LogP contribution in [0.25, 0.3) is 0 Å². The lowest BCUT2D eigenvalue weighted by Gasteiger charge is -2.06. The highest BCUT2D eigenvalue weighted by Gasteiger charge is 2.10. The highest BCUT2D eigenvalue weighted by atomic mass is 35.5. The minimum atomic E-state index is -0.0925. The van der Waals surface area contributed by atoms with Crippen molar-refractivity contribution in [1.82, 2.24) is 0 Å². The second-order valence-corrected chi connectivity index (χ2v) is 3.36. The van der Waals surface area contributed by atoms with Gasteiger partial charge in [-0.2, -0.15) is 0 Å². The SMILES string of the molecule is CCc1cc(N)c(C(C)=O)c(Cl)c1. The summed E-state index contributed by atoms with van der Waals surface area (Å²) in [6.45, 7) is 3.47. The highest BCUT2D eigenvalue weighted by molar-refractivity contribution is 6.34. The van der Waals surface area contributed by atoms with Crippen LogP contribution < -0.4 is 5.73 Å². The van der Waals surface area contributed by atoms with Gasteiger partial charge < -0.3 is 5.73 Å². The van der Waals surface area contributed by atoms with E-state index in [0.29, 0.717) is 16.3 Å². The standard InChI is InChI=1S/C10H12ClNO/c1-3-7-4-8(11)10(6(2)13)9(12)5-7/h4-5H,3,12H2,1-2H3. The van der Waals surface area contributed by atoms with E-state index in [1.165, 1.54) is 6.92 Å². The number of halogens is 1. The van der Waals surface area contributed by atoms with Crippen molar-refractivity contribution in [3.63, 3.8) is 0 Å². The molecule has 0 aliphatic rings. The smallest absolute Gasteiger partial charge is 0.163 e. The van der Waals surface area contributed by atoms with Gasteiger partial charge in [-0.05, 0) is 31.0 Å². The van der Waals surface area contributed by atoms with E-state index in [0.717, 1.165) is 12.0 Å². The second kappa shape index (κ2) is 3.79. The molecule has 2 nitrogen and oxygen atoms in total. The Morgan fingerprint density at radius 3 is 2.54 bits per heavy atom. The molecule has 1 rings (SSSR count). The average Bonchev–Trinajstić information content (AvgIpc) is 2.02. The van der Waals surface area contributed by atoms with E-state index in [9.17, 15) is 4.79 Å². The molecular formula is C10H12ClNO. The number of hydrogen-bond acceptors (Lipinski definition) is 2. The molecule has 0 heterocycles. The Balaban J connectivity index is 3.31. The third-order valence-corrected chi connectivity index (χ3v) is 2.24. The van der Waals surface area contributed by atoms with E-state index in [2.05, 4.69) is 0 Å². The monoisotopic (exact) mass is 197 g/mol. The number of benzene rings is 1. The van der Waals surface area contributed by atoms with E-state index >= 15 is 0 Å². The summed E-state index contributed by atoms with van der Waals surface area (Å²) in [5, 5.41) is 0.448. The molecular weight excluding hydrogens is 186 g/mol. The van der Waals surface area contributed by atoms with Crippen molar-refractivity contribution in [2.45, 2.75) is 20.3 Å². The summed E-state index contributed by atoms with van der Waals surface area (Å²) in [6.07, 6.45) is 0.863. The van der Waals surface area contributed by atoms with Gasteiger partial charge in [-0.15, -0.1) is 0 Å². The first-order chi connectivity index (χ1) is 6.06. The van der Waals surface area contributed by atoms with Crippen molar-refractivity contribution in [3.8, 4) is 0 Å². The molecule has 0 fully saturated rings. The molecule has 0 atom stereocenters. The molecule has 3 heteroatoms. The summed E-state index contributed by atoms with van der Waals surface area (Å²) >= 11 is 5.91. The van der Waals surface area contributed by atoms with Gasteiger partial charge in [0.15, 0.2) is 5.78 Å². The molecule has 70 valence electrons.